The second-order valence-electron chi connectivity index (χ2n) is 3.70. The highest BCUT2D eigenvalue weighted by Gasteiger charge is 2.03. The molecule has 0 atom stereocenters. The fraction of sp³-hybridized carbons (Fsp3) is 0. The Kier molecular flexibility index (Phi) is 4.04. The molecule has 0 radical (unpaired) electrons. The van der Waals surface area contributed by atoms with Crippen molar-refractivity contribution in [1.82, 2.24) is 0 Å². The van der Waals surface area contributed by atoms with Crippen molar-refractivity contribution in [1.29, 1.82) is 5.26 Å². The molecule has 1 nitrogen and oxygen atoms in total. The van der Waals surface area contributed by atoms with Crippen LogP contribution in [0.4, 0.5) is 0 Å². The Hall–Kier alpha value is -1.75. The molecule has 0 fully saturated rings. The van der Waals surface area contributed by atoms with E-state index in [0.717, 1.165) is 11.1 Å². The van der Waals surface area contributed by atoms with E-state index in [1.54, 1.807) is 24.3 Å². The lowest BCUT2D eigenvalue weighted by atomic mass is 10.0. The first-order chi connectivity index (χ1) is 8.70. The van der Waals surface area contributed by atoms with Gasteiger partial charge >= 0.3 is 0 Å². The molecule has 3 heteroatoms. The summed E-state index contributed by atoms with van der Waals surface area (Å²) in [5.41, 5.74) is 2.13. The monoisotopic (exact) mass is 273 g/mol. The van der Waals surface area contributed by atoms with Crippen LogP contribution in [0.3, 0.4) is 0 Å². The molecule has 2 rings (SSSR count). The van der Waals surface area contributed by atoms with E-state index in [9.17, 15) is 5.26 Å². The van der Waals surface area contributed by atoms with E-state index in [0.29, 0.717) is 15.6 Å². The van der Waals surface area contributed by atoms with Gasteiger partial charge in [-0.05, 0) is 35.4 Å². The van der Waals surface area contributed by atoms with Gasteiger partial charge in [-0.25, -0.2) is 0 Å². The lowest BCUT2D eigenvalue weighted by Gasteiger charge is -2.02. The van der Waals surface area contributed by atoms with Gasteiger partial charge < -0.3 is 0 Å². The van der Waals surface area contributed by atoms with E-state index >= 15 is 0 Å². The third kappa shape index (κ3) is 2.92. The van der Waals surface area contributed by atoms with Gasteiger partial charge in [-0.2, -0.15) is 5.26 Å². The summed E-state index contributed by atoms with van der Waals surface area (Å²) in [6.07, 6.45) is 1.76. The zero-order valence-electron chi connectivity index (χ0n) is 9.40. The number of halogens is 2. The Labute approximate surface area is 116 Å². The maximum absolute atomic E-state index is 9.22. The van der Waals surface area contributed by atoms with Gasteiger partial charge in [0.2, 0.25) is 0 Å². The molecule has 0 N–H and O–H groups in total. The Morgan fingerprint density at radius 2 is 1.83 bits per heavy atom. The van der Waals surface area contributed by atoms with Crippen LogP contribution in [0.25, 0.3) is 11.6 Å². The molecule has 0 amide bonds. The Bertz CT molecular complexity index is 639. The average Bonchev–Trinajstić information content (AvgIpc) is 2.38. The highest BCUT2D eigenvalue weighted by Crippen LogP contribution is 2.24. The standard InChI is InChI=1S/C15H9Cl2N/c16-14-6-3-5-11(9-14)13(10-18)8-12-4-1-2-7-15(12)17/h1-9H/b13-8+. The van der Waals surface area contributed by atoms with E-state index in [1.807, 2.05) is 30.3 Å². The second-order valence-corrected chi connectivity index (χ2v) is 4.55. The molecule has 0 bridgehead atoms. The van der Waals surface area contributed by atoms with Crippen molar-refractivity contribution in [2.45, 2.75) is 0 Å². The summed E-state index contributed by atoms with van der Waals surface area (Å²) in [5.74, 6) is 0. The molecule has 18 heavy (non-hydrogen) atoms. The highest BCUT2D eigenvalue weighted by molar-refractivity contribution is 6.32. The quantitative estimate of drug-likeness (QED) is 0.554. The van der Waals surface area contributed by atoms with Gasteiger partial charge in [0.05, 0.1) is 11.6 Å². The number of hydrogen-bond acceptors (Lipinski definition) is 1. The van der Waals surface area contributed by atoms with Crippen LogP contribution >= 0.6 is 23.2 Å². The van der Waals surface area contributed by atoms with Crippen molar-refractivity contribution in [3.8, 4) is 6.07 Å². The predicted octanol–water partition coefficient (Wildman–Crippen LogP) is 5.06. The van der Waals surface area contributed by atoms with Gasteiger partial charge in [-0.15, -0.1) is 0 Å². The van der Waals surface area contributed by atoms with Gasteiger partial charge in [0.1, 0.15) is 0 Å². The number of allylic oxidation sites excluding steroid dienone is 1. The van der Waals surface area contributed by atoms with Gasteiger partial charge in [0, 0.05) is 10.0 Å². The molecule has 2 aromatic rings. The highest BCUT2D eigenvalue weighted by atomic mass is 35.5. The van der Waals surface area contributed by atoms with E-state index in [4.69, 9.17) is 23.2 Å². The van der Waals surface area contributed by atoms with Gasteiger partial charge in [-0.3, -0.25) is 0 Å². The van der Waals surface area contributed by atoms with Crippen molar-refractivity contribution in [3.63, 3.8) is 0 Å². The van der Waals surface area contributed by atoms with Crippen molar-refractivity contribution in [2.24, 2.45) is 0 Å². The van der Waals surface area contributed by atoms with Crippen LogP contribution in [-0.4, -0.2) is 0 Å². The molecule has 0 heterocycles. The molecule has 88 valence electrons. The molecule has 0 spiro atoms. The zero-order chi connectivity index (χ0) is 13.0. The van der Waals surface area contributed by atoms with E-state index < -0.39 is 0 Å². The summed E-state index contributed by atoms with van der Waals surface area (Å²) in [6, 6.07) is 16.7. The van der Waals surface area contributed by atoms with Gasteiger partial charge in [0.15, 0.2) is 0 Å². The summed E-state index contributed by atoms with van der Waals surface area (Å²) in [7, 11) is 0. The number of nitrogens with zero attached hydrogens (tertiary/aromatic N) is 1. The Morgan fingerprint density at radius 3 is 2.50 bits per heavy atom. The predicted molar refractivity (Wildman–Crippen MR) is 76.4 cm³/mol. The summed E-state index contributed by atoms with van der Waals surface area (Å²) in [4.78, 5) is 0. The summed E-state index contributed by atoms with van der Waals surface area (Å²) in [6.45, 7) is 0. The first kappa shape index (κ1) is 12.7. The summed E-state index contributed by atoms with van der Waals surface area (Å²) in [5, 5.41) is 10.4. The molecule has 0 unspecified atom stereocenters. The minimum absolute atomic E-state index is 0.533. The number of hydrogen-bond donors (Lipinski definition) is 0. The maximum Gasteiger partial charge on any atom is 0.0998 e. The fourth-order valence-electron chi connectivity index (χ4n) is 1.58. The van der Waals surface area contributed by atoms with Crippen molar-refractivity contribution in [3.05, 3.63) is 69.7 Å². The van der Waals surface area contributed by atoms with Crippen LogP contribution in [0.5, 0.6) is 0 Å². The smallest absolute Gasteiger partial charge is 0.0998 e. The Morgan fingerprint density at radius 1 is 1.06 bits per heavy atom. The molecule has 0 aliphatic heterocycles. The fourth-order valence-corrected chi connectivity index (χ4v) is 1.96. The van der Waals surface area contributed by atoms with Crippen LogP contribution in [0.1, 0.15) is 11.1 Å². The van der Waals surface area contributed by atoms with E-state index in [1.165, 1.54) is 0 Å². The summed E-state index contributed by atoms with van der Waals surface area (Å²) < 4.78 is 0. The summed E-state index contributed by atoms with van der Waals surface area (Å²) >= 11 is 12.0. The van der Waals surface area contributed by atoms with Gasteiger partial charge in [0.25, 0.3) is 0 Å². The largest absolute Gasteiger partial charge is 0.192 e. The van der Waals surface area contributed by atoms with Crippen LogP contribution < -0.4 is 0 Å². The minimum atomic E-state index is 0.533. The molecular weight excluding hydrogens is 265 g/mol. The number of benzene rings is 2. The lowest BCUT2D eigenvalue weighted by Crippen LogP contribution is -1.82. The molecule has 2 aromatic carbocycles. The first-order valence-electron chi connectivity index (χ1n) is 5.33. The second kappa shape index (κ2) is 5.73. The topological polar surface area (TPSA) is 23.8 Å². The van der Waals surface area contributed by atoms with Crippen LogP contribution in [0.15, 0.2) is 48.5 Å². The van der Waals surface area contributed by atoms with E-state index in [-0.39, 0.29) is 0 Å². The molecule has 0 saturated carbocycles. The maximum atomic E-state index is 9.22. The van der Waals surface area contributed by atoms with Gasteiger partial charge in [-0.1, -0.05) is 53.5 Å². The third-order valence-electron chi connectivity index (χ3n) is 2.46. The van der Waals surface area contributed by atoms with Crippen LogP contribution in [0.2, 0.25) is 10.0 Å². The molecule has 0 saturated heterocycles. The Balaban J connectivity index is 2.47. The third-order valence-corrected chi connectivity index (χ3v) is 3.04. The average molecular weight is 274 g/mol. The van der Waals surface area contributed by atoms with Crippen LogP contribution in [0, 0.1) is 11.3 Å². The van der Waals surface area contributed by atoms with Crippen molar-refractivity contribution in [2.75, 3.05) is 0 Å². The first-order valence-corrected chi connectivity index (χ1v) is 6.08. The minimum Gasteiger partial charge on any atom is -0.192 e. The number of rotatable bonds is 2. The molecule has 0 aliphatic rings. The van der Waals surface area contributed by atoms with Crippen molar-refractivity contribution < 1.29 is 0 Å². The number of nitriles is 1. The lowest BCUT2D eigenvalue weighted by molar-refractivity contribution is 1.52. The van der Waals surface area contributed by atoms with Crippen LogP contribution in [-0.2, 0) is 0 Å². The van der Waals surface area contributed by atoms with Crippen molar-refractivity contribution >= 4 is 34.9 Å². The molecular formula is C15H9Cl2N. The zero-order valence-corrected chi connectivity index (χ0v) is 10.9. The van der Waals surface area contributed by atoms with E-state index in [2.05, 4.69) is 6.07 Å². The molecule has 0 aliphatic carbocycles. The molecule has 0 aromatic heterocycles. The normalized spacial score (nSPS) is 11.1. The SMILES string of the molecule is N#C/C(=C\c1ccccc1Cl)c1cccc(Cl)c1.